The molecule has 0 aliphatic heterocycles. The summed E-state index contributed by atoms with van der Waals surface area (Å²) in [5.74, 6) is -0.878. The van der Waals surface area contributed by atoms with Crippen LogP contribution in [0.5, 0.6) is 0 Å². The zero-order chi connectivity index (χ0) is 16.2. The molecule has 1 atom stereocenters. The Morgan fingerprint density at radius 2 is 1.95 bits per heavy atom. The molecule has 0 aromatic heterocycles. The third kappa shape index (κ3) is 4.10. The van der Waals surface area contributed by atoms with Gasteiger partial charge >= 0.3 is 0 Å². The van der Waals surface area contributed by atoms with Gasteiger partial charge in [0.2, 0.25) is 0 Å². The summed E-state index contributed by atoms with van der Waals surface area (Å²) < 4.78 is 0. The number of aliphatic hydroxyl groups is 1. The Hall–Kier alpha value is -1.81. The number of carbonyl (C=O) groups is 2. The van der Waals surface area contributed by atoms with Crippen molar-refractivity contribution in [3.8, 4) is 0 Å². The Bertz CT molecular complexity index is 575. The second kappa shape index (κ2) is 6.97. The van der Waals surface area contributed by atoms with Gasteiger partial charge in [-0.3, -0.25) is 14.6 Å². The highest BCUT2D eigenvalue weighted by Gasteiger charge is 2.41. The zero-order valence-corrected chi connectivity index (χ0v) is 13.2. The lowest BCUT2D eigenvalue weighted by Crippen LogP contribution is -2.42. The molecular weight excluding hydrogens is 278 g/mol. The Morgan fingerprint density at radius 1 is 1.27 bits per heavy atom. The van der Waals surface area contributed by atoms with Crippen LogP contribution >= 0.6 is 0 Å². The quantitative estimate of drug-likeness (QED) is 0.848. The lowest BCUT2D eigenvalue weighted by molar-refractivity contribution is -0.131. The van der Waals surface area contributed by atoms with Gasteiger partial charge in [0, 0.05) is 18.6 Å². The first-order valence-electron chi connectivity index (χ1n) is 7.66. The van der Waals surface area contributed by atoms with Gasteiger partial charge in [0.25, 0.3) is 0 Å². The van der Waals surface area contributed by atoms with Crippen molar-refractivity contribution >= 4 is 17.3 Å². The first-order chi connectivity index (χ1) is 10.4. The Kier molecular flexibility index (Phi) is 5.24. The number of aliphatic hydroxyl groups excluding tert-OH is 1. The maximum atomic E-state index is 12.6. The van der Waals surface area contributed by atoms with Gasteiger partial charge in [-0.05, 0) is 17.4 Å². The van der Waals surface area contributed by atoms with E-state index in [1.165, 1.54) is 0 Å². The van der Waals surface area contributed by atoms with Crippen molar-refractivity contribution in [2.75, 3.05) is 13.2 Å². The molecule has 0 heterocycles. The molecule has 0 saturated heterocycles. The smallest absolute Gasteiger partial charge is 0.153 e. The van der Waals surface area contributed by atoms with Gasteiger partial charge in [0.05, 0.1) is 13.2 Å². The third-order valence-electron chi connectivity index (χ3n) is 3.93. The molecule has 1 aromatic carbocycles. The lowest BCUT2D eigenvalue weighted by Gasteiger charge is -2.34. The van der Waals surface area contributed by atoms with Gasteiger partial charge in [0.15, 0.2) is 5.78 Å². The average molecular weight is 301 g/mol. The summed E-state index contributed by atoms with van der Waals surface area (Å²) >= 11 is 0. The number of hydrogen-bond donors (Lipinski definition) is 1. The molecule has 4 nitrogen and oxygen atoms in total. The van der Waals surface area contributed by atoms with Crippen molar-refractivity contribution in [2.24, 2.45) is 16.3 Å². The van der Waals surface area contributed by atoms with Gasteiger partial charge in [0.1, 0.15) is 11.7 Å². The molecule has 1 unspecified atom stereocenters. The normalized spacial score (nSPS) is 22.8. The topological polar surface area (TPSA) is 66.7 Å². The monoisotopic (exact) mass is 301 g/mol. The minimum absolute atomic E-state index is 0.0473. The molecule has 1 saturated carbocycles. The third-order valence-corrected chi connectivity index (χ3v) is 3.93. The first-order valence-corrected chi connectivity index (χ1v) is 7.66. The molecule has 1 aliphatic rings. The molecule has 4 heteroatoms. The second-order valence-corrected chi connectivity index (χ2v) is 6.64. The fourth-order valence-corrected chi connectivity index (χ4v) is 3.02. The van der Waals surface area contributed by atoms with Gasteiger partial charge in [-0.25, -0.2) is 0 Å². The van der Waals surface area contributed by atoms with E-state index in [1.54, 1.807) is 0 Å². The minimum Gasteiger partial charge on any atom is -0.394 e. The van der Waals surface area contributed by atoms with E-state index < -0.39 is 5.92 Å². The molecule has 1 aromatic rings. The molecule has 1 N–H and O–H groups in total. The minimum atomic E-state index is -0.736. The fourth-order valence-electron chi connectivity index (χ4n) is 3.02. The second-order valence-electron chi connectivity index (χ2n) is 6.64. The Balaban J connectivity index is 2.21. The van der Waals surface area contributed by atoms with Crippen LogP contribution in [0.2, 0.25) is 0 Å². The number of aliphatic imine (C=N–C) groups is 1. The molecule has 0 amide bonds. The van der Waals surface area contributed by atoms with E-state index in [2.05, 4.69) is 4.99 Å². The highest BCUT2D eigenvalue weighted by Crippen LogP contribution is 2.35. The Morgan fingerprint density at radius 3 is 2.59 bits per heavy atom. The van der Waals surface area contributed by atoms with Gasteiger partial charge in [-0.15, -0.1) is 0 Å². The SMILES string of the molecule is CC1(C)CC(=O)C(C(=O)Cc2ccccc2)C(=NCCO)C1. The summed E-state index contributed by atoms with van der Waals surface area (Å²) in [7, 11) is 0. The van der Waals surface area contributed by atoms with E-state index in [0.29, 0.717) is 18.6 Å². The number of Topliss-reactive ketones (excluding diaryl/α,β-unsaturated/α-hetero) is 2. The standard InChI is InChI=1S/C18H23NO3/c1-18(2)11-14(19-8-9-20)17(16(22)12-18)15(21)10-13-6-4-3-5-7-13/h3-7,17,20H,8-12H2,1-2H3. The van der Waals surface area contributed by atoms with E-state index in [9.17, 15) is 9.59 Å². The van der Waals surface area contributed by atoms with Gasteiger partial charge in [-0.2, -0.15) is 0 Å². The van der Waals surface area contributed by atoms with Crippen LogP contribution in [0.3, 0.4) is 0 Å². The molecule has 2 rings (SSSR count). The van der Waals surface area contributed by atoms with Crippen LogP contribution < -0.4 is 0 Å². The molecule has 1 aliphatic carbocycles. The molecule has 0 radical (unpaired) electrons. The first kappa shape index (κ1) is 16.6. The number of nitrogens with zero attached hydrogens (tertiary/aromatic N) is 1. The van der Waals surface area contributed by atoms with Crippen molar-refractivity contribution in [3.63, 3.8) is 0 Å². The largest absolute Gasteiger partial charge is 0.394 e. The van der Waals surface area contributed by atoms with Crippen molar-refractivity contribution in [2.45, 2.75) is 33.1 Å². The molecule has 1 fully saturated rings. The van der Waals surface area contributed by atoms with Gasteiger partial charge < -0.3 is 5.11 Å². The maximum Gasteiger partial charge on any atom is 0.153 e. The van der Waals surface area contributed by atoms with E-state index in [4.69, 9.17) is 5.11 Å². The Labute approximate surface area is 131 Å². The highest BCUT2D eigenvalue weighted by molar-refractivity contribution is 6.22. The summed E-state index contributed by atoms with van der Waals surface area (Å²) in [6.07, 6.45) is 1.27. The maximum absolute atomic E-state index is 12.6. The number of carbonyl (C=O) groups excluding carboxylic acids is 2. The summed E-state index contributed by atoms with van der Waals surface area (Å²) in [5, 5.41) is 8.98. The van der Waals surface area contributed by atoms with Crippen molar-refractivity contribution in [3.05, 3.63) is 35.9 Å². The molecular formula is C18H23NO3. The van der Waals surface area contributed by atoms with Crippen LogP contribution in [0, 0.1) is 11.3 Å². The predicted octanol–water partition coefficient (Wildman–Crippen LogP) is 2.24. The van der Waals surface area contributed by atoms with E-state index >= 15 is 0 Å². The summed E-state index contributed by atoms with van der Waals surface area (Å²) in [6.45, 7) is 4.19. The van der Waals surface area contributed by atoms with Crippen LogP contribution in [0.25, 0.3) is 0 Å². The highest BCUT2D eigenvalue weighted by atomic mass is 16.3. The van der Waals surface area contributed by atoms with E-state index in [-0.39, 0.29) is 36.6 Å². The fraction of sp³-hybridized carbons (Fsp3) is 0.500. The van der Waals surface area contributed by atoms with Crippen LogP contribution in [-0.4, -0.2) is 35.5 Å². The molecule has 0 spiro atoms. The number of hydrogen-bond acceptors (Lipinski definition) is 4. The van der Waals surface area contributed by atoms with Gasteiger partial charge in [-0.1, -0.05) is 44.2 Å². The number of rotatable bonds is 5. The lowest BCUT2D eigenvalue weighted by atomic mass is 9.69. The summed E-state index contributed by atoms with van der Waals surface area (Å²) in [4.78, 5) is 29.4. The van der Waals surface area contributed by atoms with E-state index in [1.807, 2.05) is 44.2 Å². The van der Waals surface area contributed by atoms with Crippen molar-refractivity contribution in [1.29, 1.82) is 0 Å². The molecule has 118 valence electrons. The zero-order valence-electron chi connectivity index (χ0n) is 13.2. The molecule has 0 bridgehead atoms. The van der Waals surface area contributed by atoms with E-state index in [0.717, 1.165) is 5.56 Å². The molecule has 22 heavy (non-hydrogen) atoms. The van der Waals surface area contributed by atoms with Crippen LogP contribution in [-0.2, 0) is 16.0 Å². The number of ketones is 2. The van der Waals surface area contributed by atoms with Crippen molar-refractivity contribution in [1.82, 2.24) is 0 Å². The van der Waals surface area contributed by atoms with Crippen LogP contribution in [0.1, 0.15) is 32.3 Å². The summed E-state index contributed by atoms with van der Waals surface area (Å²) in [6, 6.07) is 9.44. The number of benzene rings is 1. The van der Waals surface area contributed by atoms with Crippen LogP contribution in [0.4, 0.5) is 0 Å². The predicted molar refractivity (Wildman–Crippen MR) is 86.1 cm³/mol. The summed E-state index contributed by atoms with van der Waals surface area (Å²) in [5.41, 5.74) is 1.37. The van der Waals surface area contributed by atoms with Crippen molar-refractivity contribution < 1.29 is 14.7 Å². The van der Waals surface area contributed by atoms with Crippen LogP contribution in [0.15, 0.2) is 35.3 Å². The average Bonchev–Trinajstić information content (AvgIpc) is 2.44.